The maximum Gasteiger partial charge on any atom is 0.405 e. The van der Waals surface area contributed by atoms with Gasteiger partial charge in [-0.1, -0.05) is 26.0 Å². The van der Waals surface area contributed by atoms with Crippen molar-refractivity contribution in [1.82, 2.24) is 10.2 Å². The summed E-state index contributed by atoms with van der Waals surface area (Å²) in [4.78, 5) is 25.3. The highest BCUT2D eigenvalue weighted by Gasteiger charge is 2.44. The van der Waals surface area contributed by atoms with Crippen LogP contribution in [-0.2, 0) is 11.2 Å². The number of halogens is 2. The number of likely N-dealkylation sites (tertiary alicyclic amines) is 1. The van der Waals surface area contributed by atoms with Crippen molar-refractivity contribution in [2.75, 3.05) is 6.54 Å². The first-order chi connectivity index (χ1) is 12.6. The van der Waals surface area contributed by atoms with E-state index in [9.17, 15) is 18.4 Å². The van der Waals surface area contributed by atoms with Gasteiger partial charge in [-0.05, 0) is 36.0 Å². The Labute approximate surface area is 156 Å². The third-order valence-corrected chi connectivity index (χ3v) is 4.95. The summed E-state index contributed by atoms with van der Waals surface area (Å²) in [7, 11) is 0. The number of nitrogens with one attached hydrogen (secondary N) is 1. The summed E-state index contributed by atoms with van der Waals surface area (Å²) in [6.07, 6.45) is -1.80. The molecule has 0 saturated carbocycles. The van der Waals surface area contributed by atoms with E-state index in [2.05, 4.69) is 5.32 Å². The van der Waals surface area contributed by atoms with Gasteiger partial charge in [0.15, 0.2) is 0 Å². The lowest BCUT2D eigenvalue weighted by atomic mass is 9.78. The Hall–Kier alpha value is -2.69. The van der Waals surface area contributed by atoms with Gasteiger partial charge in [-0.15, -0.1) is 0 Å². The van der Waals surface area contributed by atoms with Crippen molar-refractivity contribution in [1.29, 1.82) is 5.26 Å². The van der Waals surface area contributed by atoms with Gasteiger partial charge in [-0.25, -0.2) is 13.6 Å². The summed E-state index contributed by atoms with van der Waals surface area (Å²) < 4.78 is 26.7. The van der Waals surface area contributed by atoms with E-state index in [0.29, 0.717) is 12.8 Å². The fourth-order valence-electron chi connectivity index (χ4n) is 3.29. The van der Waals surface area contributed by atoms with Crippen molar-refractivity contribution in [3.05, 3.63) is 35.6 Å². The number of hydrogen-bond acceptors (Lipinski definition) is 3. The molecule has 0 unspecified atom stereocenters. The molecule has 0 bridgehead atoms. The SMILES string of the molecule is CC(C)(CCc1ccc(F)cc1)[C@H](NC(=O)O)C(=O)N1C[C@@H](F)C[C@H]1C#N. The average Bonchev–Trinajstić information content (AvgIpc) is 2.99. The van der Waals surface area contributed by atoms with Gasteiger partial charge < -0.3 is 15.3 Å². The molecule has 0 aliphatic carbocycles. The van der Waals surface area contributed by atoms with E-state index in [0.717, 1.165) is 10.5 Å². The minimum atomic E-state index is -1.37. The quantitative estimate of drug-likeness (QED) is 0.795. The van der Waals surface area contributed by atoms with Crippen molar-refractivity contribution in [3.63, 3.8) is 0 Å². The summed E-state index contributed by atoms with van der Waals surface area (Å²) in [5.74, 6) is -0.954. The summed E-state index contributed by atoms with van der Waals surface area (Å²) in [6, 6.07) is 5.81. The molecule has 1 aromatic rings. The maximum atomic E-state index is 13.7. The standard InChI is InChI=1S/C19H23F2N3O3/c1-19(2,8-7-12-3-5-13(20)6-4-12)16(23-18(26)27)17(25)24-11-14(21)9-15(24)10-22/h3-6,14-16,23H,7-9,11H2,1-2H3,(H,26,27)/t14-,15-,16+/m0/s1. The Morgan fingerprint density at radius 3 is 2.59 bits per heavy atom. The van der Waals surface area contributed by atoms with Gasteiger partial charge in [-0.2, -0.15) is 5.26 Å². The summed E-state index contributed by atoms with van der Waals surface area (Å²) >= 11 is 0. The molecule has 3 atom stereocenters. The van der Waals surface area contributed by atoms with Gasteiger partial charge >= 0.3 is 6.09 Å². The number of nitriles is 1. The molecule has 1 fully saturated rings. The van der Waals surface area contributed by atoms with Crippen LogP contribution >= 0.6 is 0 Å². The normalized spacial score (nSPS) is 20.8. The molecule has 1 aromatic carbocycles. The molecule has 2 N–H and O–H groups in total. The van der Waals surface area contributed by atoms with Crippen LogP contribution in [0.15, 0.2) is 24.3 Å². The summed E-state index contributed by atoms with van der Waals surface area (Å²) in [6.45, 7) is 3.25. The van der Waals surface area contributed by atoms with Crippen molar-refractivity contribution >= 4 is 12.0 Å². The molecule has 1 aliphatic rings. The van der Waals surface area contributed by atoms with Crippen LogP contribution in [0.5, 0.6) is 0 Å². The van der Waals surface area contributed by atoms with Gasteiger partial charge in [0.2, 0.25) is 5.91 Å². The number of benzene rings is 1. The van der Waals surface area contributed by atoms with Crippen LogP contribution in [0, 0.1) is 22.6 Å². The molecule has 0 radical (unpaired) electrons. The Bertz CT molecular complexity index is 731. The van der Waals surface area contributed by atoms with Crippen LogP contribution in [0.1, 0.15) is 32.3 Å². The van der Waals surface area contributed by atoms with Crippen molar-refractivity contribution in [2.45, 2.75) is 51.4 Å². The molecule has 1 heterocycles. The highest BCUT2D eigenvalue weighted by molar-refractivity contribution is 5.87. The number of nitrogens with zero attached hydrogens (tertiary/aromatic N) is 2. The molecule has 1 saturated heterocycles. The molecule has 2 amide bonds. The highest BCUT2D eigenvalue weighted by atomic mass is 19.1. The predicted octanol–water partition coefficient (Wildman–Crippen LogP) is 2.88. The third kappa shape index (κ3) is 5.16. The van der Waals surface area contributed by atoms with E-state index in [-0.39, 0.29) is 18.8 Å². The molecule has 6 nitrogen and oxygen atoms in total. The lowest BCUT2D eigenvalue weighted by molar-refractivity contribution is -0.136. The Morgan fingerprint density at radius 2 is 2.04 bits per heavy atom. The van der Waals surface area contributed by atoms with Crippen LogP contribution in [0.3, 0.4) is 0 Å². The molecular formula is C19H23F2N3O3. The molecule has 1 aliphatic heterocycles. The second-order valence-electron chi connectivity index (χ2n) is 7.47. The van der Waals surface area contributed by atoms with Gasteiger partial charge in [0.1, 0.15) is 24.1 Å². The third-order valence-electron chi connectivity index (χ3n) is 4.95. The van der Waals surface area contributed by atoms with Crippen LogP contribution in [0.25, 0.3) is 0 Å². The smallest absolute Gasteiger partial charge is 0.405 e. The topological polar surface area (TPSA) is 93.4 Å². The predicted molar refractivity (Wildman–Crippen MR) is 94.1 cm³/mol. The fourth-order valence-corrected chi connectivity index (χ4v) is 3.29. The first-order valence-electron chi connectivity index (χ1n) is 8.72. The van der Waals surface area contributed by atoms with Crippen molar-refractivity contribution in [2.24, 2.45) is 5.41 Å². The van der Waals surface area contributed by atoms with E-state index in [1.165, 1.54) is 12.1 Å². The van der Waals surface area contributed by atoms with E-state index < -0.39 is 35.7 Å². The van der Waals surface area contributed by atoms with Gasteiger partial charge in [-0.3, -0.25) is 4.79 Å². The lowest BCUT2D eigenvalue weighted by Gasteiger charge is -2.36. The molecule has 0 aromatic heterocycles. The molecule has 8 heteroatoms. The molecular weight excluding hydrogens is 356 g/mol. The second kappa shape index (κ2) is 8.33. The maximum absolute atomic E-state index is 13.7. The largest absolute Gasteiger partial charge is 0.465 e. The minimum Gasteiger partial charge on any atom is -0.465 e. The number of hydrogen-bond donors (Lipinski definition) is 2. The van der Waals surface area contributed by atoms with E-state index in [1.54, 1.807) is 26.0 Å². The van der Waals surface area contributed by atoms with Gasteiger partial charge in [0, 0.05) is 6.42 Å². The molecule has 146 valence electrons. The molecule has 27 heavy (non-hydrogen) atoms. The zero-order chi connectivity index (χ0) is 20.2. The number of amides is 2. The van der Waals surface area contributed by atoms with E-state index >= 15 is 0 Å². The zero-order valence-electron chi connectivity index (χ0n) is 15.3. The van der Waals surface area contributed by atoms with Crippen LogP contribution in [0.2, 0.25) is 0 Å². The molecule has 0 spiro atoms. The van der Waals surface area contributed by atoms with E-state index in [4.69, 9.17) is 10.4 Å². The fraction of sp³-hybridized carbons (Fsp3) is 0.526. The van der Waals surface area contributed by atoms with Gasteiger partial charge in [0.05, 0.1) is 12.6 Å². The second-order valence-corrected chi connectivity index (χ2v) is 7.47. The Balaban J connectivity index is 2.17. The van der Waals surface area contributed by atoms with Gasteiger partial charge in [0.25, 0.3) is 0 Å². The first-order valence-corrected chi connectivity index (χ1v) is 8.72. The lowest BCUT2D eigenvalue weighted by Crippen LogP contribution is -2.56. The van der Waals surface area contributed by atoms with Crippen LogP contribution in [0.4, 0.5) is 13.6 Å². The number of alkyl halides is 1. The monoisotopic (exact) mass is 379 g/mol. The first kappa shape index (κ1) is 20.6. The Kier molecular flexibility index (Phi) is 6.37. The van der Waals surface area contributed by atoms with Crippen molar-refractivity contribution < 1.29 is 23.5 Å². The molecule has 2 rings (SSSR count). The van der Waals surface area contributed by atoms with Crippen molar-refractivity contribution in [3.8, 4) is 6.07 Å². The minimum absolute atomic E-state index is 0.0714. The Morgan fingerprint density at radius 1 is 1.41 bits per heavy atom. The number of carbonyl (C=O) groups excluding carboxylic acids is 1. The number of aryl methyl sites for hydroxylation is 1. The average molecular weight is 379 g/mol. The highest BCUT2D eigenvalue weighted by Crippen LogP contribution is 2.31. The van der Waals surface area contributed by atoms with Crippen LogP contribution in [-0.4, -0.2) is 46.8 Å². The summed E-state index contributed by atoms with van der Waals surface area (Å²) in [5.41, 5.74) is 0.0454. The number of rotatable bonds is 6. The summed E-state index contributed by atoms with van der Waals surface area (Å²) in [5, 5.41) is 20.6. The van der Waals surface area contributed by atoms with E-state index in [1.807, 2.05) is 6.07 Å². The zero-order valence-corrected chi connectivity index (χ0v) is 15.3. The van der Waals surface area contributed by atoms with Crippen LogP contribution < -0.4 is 5.32 Å². The number of carbonyl (C=O) groups is 2. The number of carboxylic acid groups (broad SMARTS) is 1.